The SMILES string of the molecule is COC(=O)C1=C(C)NC(C)=C(C(=O)OCCN(C)Cc2ccccc2)C1c1ccccc1[N+](=O)[O-].Cl. The van der Waals surface area contributed by atoms with Crippen LogP contribution in [0.5, 0.6) is 0 Å². The molecule has 1 unspecified atom stereocenters. The number of hydrogen-bond donors (Lipinski definition) is 1. The molecule has 1 N–H and O–H groups in total. The summed E-state index contributed by atoms with van der Waals surface area (Å²) in [6.45, 7) is 4.62. The van der Waals surface area contributed by atoms with Crippen LogP contribution in [-0.4, -0.2) is 49.1 Å². The minimum absolute atomic E-state index is 0. The molecule has 192 valence electrons. The van der Waals surface area contributed by atoms with Crippen molar-refractivity contribution < 1.29 is 24.0 Å². The molecule has 2 aromatic rings. The highest BCUT2D eigenvalue weighted by molar-refractivity contribution is 6.00. The average molecular weight is 516 g/mol. The normalized spacial score (nSPS) is 15.2. The van der Waals surface area contributed by atoms with Gasteiger partial charge in [0.1, 0.15) is 6.61 Å². The molecule has 10 heteroatoms. The van der Waals surface area contributed by atoms with E-state index in [0.29, 0.717) is 24.5 Å². The van der Waals surface area contributed by atoms with Crippen molar-refractivity contribution in [3.05, 3.63) is 98.4 Å². The van der Waals surface area contributed by atoms with Crippen LogP contribution in [0.1, 0.15) is 30.9 Å². The number of rotatable bonds is 9. The fraction of sp³-hybridized carbons (Fsp3) is 0.308. The Morgan fingerprint density at radius 1 is 1.00 bits per heavy atom. The minimum atomic E-state index is -1.01. The average Bonchev–Trinajstić information content (AvgIpc) is 2.83. The molecule has 0 aromatic heterocycles. The van der Waals surface area contributed by atoms with Gasteiger partial charge in [0.2, 0.25) is 0 Å². The fourth-order valence-electron chi connectivity index (χ4n) is 4.20. The maximum atomic E-state index is 13.3. The van der Waals surface area contributed by atoms with Gasteiger partial charge in [-0.3, -0.25) is 15.0 Å². The number of ether oxygens (including phenoxy) is 2. The fourth-order valence-corrected chi connectivity index (χ4v) is 4.20. The first-order chi connectivity index (χ1) is 16.7. The van der Waals surface area contributed by atoms with Crippen molar-refractivity contribution in [2.75, 3.05) is 27.3 Å². The lowest BCUT2D eigenvalue weighted by Gasteiger charge is -2.30. The van der Waals surface area contributed by atoms with Gasteiger partial charge in [-0.1, -0.05) is 48.5 Å². The van der Waals surface area contributed by atoms with Crippen molar-refractivity contribution in [1.82, 2.24) is 10.2 Å². The van der Waals surface area contributed by atoms with Crippen molar-refractivity contribution in [3.8, 4) is 0 Å². The largest absolute Gasteiger partial charge is 0.466 e. The van der Waals surface area contributed by atoms with Crippen LogP contribution in [0.3, 0.4) is 0 Å². The van der Waals surface area contributed by atoms with Crippen LogP contribution in [-0.2, 0) is 25.6 Å². The number of likely N-dealkylation sites (N-methyl/N-ethyl adjacent to an activating group) is 1. The quantitative estimate of drug-likeness (QED) is 0.302. The number of halogens is 1. The first kappa shape index (κ1) is 28.5. The van der Waals surface area contributed by atoms with E-state index in [0.717, 1.165) is 5.56 Å². The summed E-state index contributed by atoms with van der Waals surface area (Å²) in [5.41, 5.74) is 2.32. The lowest BCUT2D eigenvalue weighted by molar-refractivity contribution is -0.385. The molecule has 1 aliphatic heterocycles. The van der Waals surface area contributed by atoms with Gasteiger partial charge in [0, 0.05) is 36.1 Å². The molecule has 3 rings (SSSR count). The summed E-state index contributed by atoms with van der Waals surface area (Å²) in [6.07, 6.45) is 0. The smallest absolute Gasteiger partial charge is 0.336 e. The Labute approximate surface area is 216 Å². The second kappa shape index (κ2) is 12.9. The molecular formula is C26H30ClN3O6. The van der Waals surface area contributed by atoms with Crippen LogP contribution in [0.4, 0.5) is 5.69 Å². The van der Waals surface area contributed by atoms with Crippen LogP contribution < -0.4 is 5.32 Å². The van der Waals surface area contributed by atoms with E-state index in [4.69, 9.17) is 9.47 Å². The summed E-state index contributed by atoms with van der Waals surface area (Å²) in [5.74, 6) is -2.35. The highest BCUT2D eigenvalue weighted by Crippen LogP contribution is 2.42. The lowest BCUT2D eigenvalue weighted by atomic mass is 9.79. The van der Waals surface area contributed by atoms with E-state index in [-0.39, 0.29) is 41.4 Å². The van der Waals surface area contributed by atoms with Crippen molar-refractivity contribution in [2.24, 2.45) is 0 Å². The molecule has 1 heterocycles. The second-order valence-corrected chi connectivity index (χ2v) is 8.30. The molecule has 36 heavy (non-hydrogen) atoms. The first-order valence-electron chi connectivity index (χ1n) is 11.1. The summed E-state index contributed by atoms with van der Waals surface area (Å²) in [5, 5.41) is 14.8. The summed E-state index contributed by atoms with van der Waals surface area (Å²) >= 11 is 0. The third-order valence-electron chi connectivity index (χ3n) is 5.83. The van der Waals surface area contributed by atoms with Gasteiger partial charge in [-0.25, -0.2) is 9.59 Å². The van der Waals surface area contributed by atoms with Gasteiger partial charge in [0.05, 0.1) is 29.1 Å². The molecule has 0 fully saturated rings. The molecule has 9 nitrogen and oxygen atoms in total. The number of hydrogen-bond acceptors (Lipinski definition) is 8. The third kappa shape index (κ3) is 6.50. The second-order valence-electron chi connectivity index (χ2n) is 8.30. The molecule has 0 saturated carbocycles. The monoisotopic (exact) mass is 515 g/mol. The van der Waals surface area contributed by atoms with Crippen LogP contribution in [0.2, 0.25) is 0 Å². The van der Waals surface area contributed by atoms with Crippen LogP contribution in [0.15, 0.2) is 77.1 Å². The van der Waals surface area contributed by atoms with Gasteiger partial charge in [-0.05, 0) is 26.5 Å². The molecular weight excluding hydrogens is 486 g/mol. The van der Waals surface area contributed by atoms with E-state index < -0.39 is 22.8 Å². The number of allylic oxidation sites excluding steroid dienone is 2. The van der Waals surface area contributed by atoms with Gasteiger partial charge in [-0.15, -0.1) is 12.4 Å². The van der Waals surface area contributed by atoms with Crippen molar-refractivity contribution in [2.45, 2.75) is 26.3 Å². The van der Waals surface area contributed by atoms with Crippen molar-refractivity contribution in [1.29, 1.82) is 0 Å². The van der Waals surface area contributed by atoms with Crippen LogP contribution in [0, 0.1) is 10.1 Å². The van der Waals surface area contributed by atoms with Gasteiger partial charge >= 0.3 is 11.9 Å². The maximum absolute atomic E-state index is 13.3. The number of benzene rings is 2. The zero-order valence-corrected chi connectivity index (χ0v) is 21.5. The molecule has 1 aliphatic rings. The van der Waals surface area contributed by atoms with E-state index in [2.05, 4.69) is 5.32 Å². The molecule has 2 aromatic carbocycles. The number of esters is 2. The van der Waals surface area contributed by atoms with E-state index in [1.54, 1.807) is 26.0 Å². The standard InChI is InChI=1S/C26H29N3O6.ClH/c1-17-22(25(30)34-4)24(20-12-8-9-13-21(20)29(32)33)23(18(2)27-17)26(31)35-15-14-28(3)16-19-10-6-5-7-11-19;/h5-13,24,27H,14-16H2,1-4H3;1H. The number of dihydropyridines is 1. The number of para-hydroxylation sites is 1. The number of carbonyl (C=O) groups excluding carboxylic acids is 2. The van der Waals surface area contributed by atoms with E-state index in [9.17, 15) is 19.7 Å². The van der Waals surface area contributed by atoms with Gasteiger partial charge in [0.25, 0.3) is 5.69 Å². The van der Waals surface area contributed by atoms with Gasteiger partial charge < -0.3 is 14.8 Å². The predicted octanol–water partition coefficient (Wildman–Crippen LogP) is 4.10. The Balaban J connectivity index is 0.00000456. The topological polar surface area (TPSA) is 111 Å². The van der Waals surface area contributed by atoms with E-state index in [1.807, 2.05) is 42.3 Å². The Kier molecular flexibility index (Phi) is 10.2. The summed E-state index contributed by atoms with van der Waals surface area (Å²) in [7, 11) is 3.15. The highest BCUT2D eigenvalue weighted by Gasteiger charge is 2.40. The molecule has 0 bridgehead atoms. The Bertz CT molecular complexity index is 1180. The number of nitro benzene ring substituents is 1. The van der Waals surface area contributed by atoms with Crippen LogP contribution >= 0.6 is 12.4 Å². The Morgan fingerprint density at radius 3 is 2.19 bits per heavy atom. The Hall–Kier alpha value is -3.69. The molecule has 0 spiro atoms. The molecule has 1 atom stereocenters. The van der Waals surface area contributed by atoms with Gasteiger partial charge in [-0.2, -0.15) is 0 Å². The maximum Gasteiger partial charge on any atom is 0.336 e. The summed E-state index contributed by atoms with van der Waals surface area (Å²) < 4.78 is 10.5. The first-order valence-corrected chi connectivity index (χ1v) is 11.1. The molecule has 0 saturated heterocycles. The summed E-state index contributed by atoms with van der Waals surface area (Å²) in [6, 6.07) is 16.0. The number of nitrogens with one attached hydrogen (secondary N) is 1. The van der Waals surface area contributed by atoms with Crippen LogP contribution in [0.25, 0.3) is 0 Å². The molecule has 0 amide bonds. The Morgan fingerprint density at radius 2 is 1.58 bits per heavy atom. The van der Waals surface area contributed by atoms with Crippen molar-refractivity contribution in [3.63, 3.8) is 0 Å². The number of nitrogens with zero attached hydrogens (tertiary/aromatic N) is 2. The zero-order valence-electron chi connectivity index (χ0n) is 20.6. The zero-order chi connectivity index (χ0) is 25.5. The number of carbonyl (C=O) groups is 2. The molecule has 0 aliphatic carbocycles. The predicted molar refractivity (Wildman–Crippen MR) is 137 cm³/mol. The number of methoxy groups -OCH3 is 1. The van der Waals surface area contributed by atoms with E-state index >= 15 is 0 Å². The van der Waals surface area contributed by atoms with Gasteiger partial charge in [0.15, 0.2) is 0 Å². The highest BCUT2D eigenvalue weighted by atomic mass is 35.5. The van der Waals surface area contributed by atoms with Crippen molar-refractivity contribution >= 4 is 30.0 Å². The number of nitro groups is 1. The summed E-state index contributed by atoms with van der Waals surface area (Å²) in [4.78, 5) is 39.3. The molecule has 0 radical (unpaired) electrons. The third-order valence-corrected chi connectivity index (χ3v) is 5.83. The van der Waals surface area contributed by atoms with E-state index in [1.165, 1.54) is 19.2 Å². The lowest BCUT2D eigenvalue weighted by Crippen LogP contribution is -2.33. The minimum Gasteiger partial charge on any atom is -0.466 e.